The number of esters is 2. The Hall–Kier alpha value is -1.85. The second-order valence-corrected chi connectivity index (χ2v) is 15.8. The van der Waals surface area contributed by atoms with Crippen LogP contribution < -0.4 is 0 Å². The molecule has 0 saturated heterocycles. The third-order valence-electron chi connectivity index (χ3n) is 14.0. The predicted molar refractivity (Wildman–Crippen MR) is 153 cm³/mol. The molecule has 5 saturated carbocycles. The van der Waals surface area contributed by atoms with Crippen molar-refractivity contribution in [3.8, 4) is 0 Å². The lowest BCUT2D eigenvalue weighted by atomic mass is 9.32. The molecule has 0 aromatic heterocycles. The molecule has 0 bridgehead atoms. The Morgan fingerprint density at radius 1 is 0.750 bits per heavy atom. The van der Waals surface area contributed by atoms with Crippen molar-refractivity contribution in [2.75, 3.05) is 0 Å². The fourth-order valence-corrected chi connectivity index (χ4v) is 12.3. The van der Waals surface area contributed by atoms with E-state index >= 15 is 0 Å². The number of fused-ring (bicyclic) bond motifs is 7. The number of rotatable bonds is 4. The molecule has 0 amide bonds. The first-order valence-corrected chi connectivity index (χ1v) is 15.7. The van der Waals surface area contributed by atoms with Gasteiger partial charge in [0.25, 0.3) is 0 Å². The molecule has 0 aliphatic heterocycles. The minimum atomic E-state index is -1.05. The molecule has 11 atom stereocenters. The lowest BCUT2D eigenvalue weighted by molar-refractivity contribution is -0.266. The van der Waals surface area contributed by atoms with Gasteiger partial charge in [0.15, 0.2) is 0 Å². The number of hydrogen-bond donors (Lipinski definition) is 1. The van der Waals surface area contributed by atoms with Gasteiger partial charge in [0.1, 0.15) is 17.6 Å². The highest BCUT2D eigenvalue weighted by Crippen LogP contribution is 2.77. The van der Waals surface area contributed by atoms with Gasteiger partial charge in [0.2, 0.25) is 0 Å². The average molecular weight is 557 g/mol. The lowest BCUT2D eigenvalue weighted by Gasteiger charge is -2.73. The van der Waals surface area contributed by atoms with Crippen molar-refractivity contribution in [2.24, 2.45) is 56.7 Å². The highest BCUT2D eigenvalue weighted by atomic mass is 16.5. The van der Waals surface area contributed by atoms with Crippen molar-refractivity contribution in [1.29, 1.82) is 0 Å². The number of carboxylic acid groups (broad SMARTS) is 1. The molecule has 5 rings (SSSR count). The summed E-state index contributed by atoms with van der Waals surface area (Å²) in [7, 11) is 0. The molecule has 0 aromatic carbocycles. The van der Waals surface area contributed by atoms with Crippen molar-refractivity contribution < 1.29 is 29.0 Å². The second-order valence-electron chi connectivity index (χ2n) is 15.8. The summed E-state index contributed by atoms with van der Waals surface area (Å²) in [5.41, 5.74) is -0.178. The van der Waals surface area contributed by atoms with E-state index < -0.39 is 17.5 Å². The van der Waals surface area contributed by atoms with E-state index in [1.165, 1.54) is 13.8 Å². The van der Waals surface area contributed by atoms with Crippen LogP contribution in [0.25, 0.3) is 0 Å². The minimum Gasteiger partial charge on any atom is -0.481 e. The number of carboxylic acids is 1. The molecular weight excluding hydrogens is 504 g/mol. The molecule has 5 aliphatic rings. The fraction of sp³-hybridized carbons (Fsp3) is 0.853. The summed E-state index contributed by atoms with van der Waals surface area (Å²) in [4.78, 5) is 37.6. The Balaban J connectivity index is 1.59. The Morgan fingerprint density at radius 3 is 1.95 bits per heavy atom. The lowest BCUT2D eigenvalue weighted by Crippen LogP contribution is -2.69. The van der Waals surface area contributed by atoms with Crippen LogP contribution in [0.2, 0.25) is 0 Å². The van der Waals surface area contributed by atoms with Crippen LogP contribution in [-0.2, 0) is 23.9 Å². The van der Waals surface area contributed by atoms with E-state index in [0.717, 1.165) is 50.5 Å². The summed E-state index contributed by atoms with van der Waals surface area (Å²) in [5.74, 6) is -0.179. The zero-order chi connectivity index (χ0) is 29.6. The van der Waals surface area contributed by atoms with Crippen LogP contribution in [0.5, 0.6) is 0 Å². The molecule has 0 aromatic rings. The number of allylic oxidation sites excluding steroid dienone is 1. The first kappa shape index (κ1) is 29.6. The molecule has 6 heteroatoms. The van der Waals surface area contributed by atoms with Gasteiger partial charge in [-0.1, -0.05) is 46.8 Å². The van der Waals surface area contributed by atoms with Crippen molar-refractivity contribution in [2.45, 2.75) is 125 Å². The summed E-state index contributed by atoms with van der Waals surface area (Å²) in [6.07, 6.45) is 7.37. The normalized spacial score (nSPS) is 49.0. The van der Waals surface area contributed by atoms with E-state index in [1.54, 1.807) is 0 Å². The summed E-state index contributed by atoms with van der Waals surface area (Å²) in [6, 6.07) is 0. The maximum atomic E-state index is 13.2. The maximum absolute atomic E-state index is 13.2. The van der Waals surface area contributed by atoms with Crippen LogP contribution in [0.15, 0.2) is 12.2 Å². The Bertz CT molecular complexity index is 1110. The van der Waals surface area contributed by atoms with Gasteiger partial charge in [-0.05, 0) is 111 Å². The molecule has 5 aliphatic carbocycles. The molecule has 5 fully saturated rings. The average Bonchev–Trinajstić information content (AvgIpc) is 3.23. The predicted octanol–water partition coefficient (Wildman–Crippen LogP) is 7.20. The minimum absolute atomic E-state index is 0.0171. The number of carbonyl (C=O) groups is 3. The summed E-state index contributed by atoms with van der Waals surface area (Å²) in [5, 5.41) is 10.8. The van der Waals surface area contributed by atoms with Crippen LogP contribution >= 0.6 is 0 Å². The number of aliphatic carboxylic acids is 1. The Kier molecular flexibility index (Phi) is 6.91. The van der Waals surface area contributed by atoms with E-state index in [-0.39, 0.29) is 57.5 Å². The highest BCUT2D eigenvalue weighted by molar-refractivity contribution is 5.78. The van der Waals surface area contributed by atoms with Gasteiger partial charge in [-0.15, -0.1) is 0 Å². The van der Waals surface area contributed by atoms with E-state index in [9.17, 15) is 19.5 Å². The third kappa shape index (κ3) is 3.75. The van der Waals surface area contributed by atoms with Crippen LogP contribution in [0.3, 0.4) is 0 Å². The van der Waals surface area contributed by atoms with E-state index in [1.807, 2.05) is 0 Å². The van der Waals surface area contributed by atoms with Gasteiger partial charge < -0.3 is 14.6 Å². The molecule has 0 radical (unpaired) electrons. The second kappa shape index (κ2) is 9.33. The van der Waals surface area contributed by atoms with Gasteiger partial charge in [-0.25, -0.2) is 0 Å². The Labute approximate surface area is 241 Å². The third-order valence-corrected chi connectivity index (χ3v) is 14.0. The van der Waals surface area contributed by atoms with Gasteiger partial charge in [-0.3, -0.25) is 14.4 Å². The van der Waals surface area contributed by atoms with Crippen LogP contribution in [-0.4, -0.2) is 35.2 Å². The molecule has 0 unspecified atom stereocenters. The van der Waals surface area contributed by atoms with Crippen molar-refractivity contribution in [1.82, 2.24) is 0 Å². The van der Waals surface area contributed by atoms with Crippen molar-refractivity contribution >= 4 is 17.9 Å². The smallest absolute Gasteiger partial charge is 0.313 e. The quantitative estimate of drug-likeness (QED) is 0.291. The van der Waals surface area contributed by atoms with E-state index in [2.05, 4.69) is 48.1 Å². The largest absolute Gasteiger partial charge is 0.481 e. The molecule has 0 heterocycles. The molecule has 40 heavy (non-hydrogen) atoms. The topological polar surface area (TPSA) is 89.9 Å². The van der Waals surface area contributed by atoms with Gasteiger partial charge in [-0.2, -0.15) is 0 Å². The van der Waals surface area contributed by atoms with Crippen molar-refractivity contribution in [3.05, 3.63) is 12.2 Å². The first-order valence-electron chi connectivity index (χ1n) is 15.7. The molecule has 224 valence electrons. The van der Waals surface area contributed by atoms with E-state index in [0.29, 0.717) is 24.7 Å². The molecule has 6 nitrogen and oxygen atoms in total. The van der Waals surface area contributed by atoms with Gasteiger partial charge >= 0.3 is 17.9 Å². The van der Waals surface area contributed by atoms with Crippen LogP contribution in [0, 0.1) is 56.7 Å². The van der Waals surface area contributed by atoms with Crippen molar-refractivity contribution in [3.63, 3.8) is 0 Å². The Morgan fingerprint density at radius 2 is 1.38 bits per heavy atom. The monoisotopic (exact) mass is 556 g/mol. The molecule has 1 N–H and O–H groups in total. The van der Waals surface area contributed by atoms with Gasteiger partial charge in [0, 0.05) is 19.3 Å². The highest BCUT2D eigenvalue weighted by Gasteiger charge is 2.75. The fourth-order valence-electron chi connectivity index (χ4n) is 12.3. The van der Waals surface area contributed by atoms with Gasteiger partial charge in [0.05, 0.1) is 0 Å². The molecular formula is C34H52O6. The number of hydrogen-bond acceptors (Lipinski definition) is 5. The first-order chi connectivity index (χ1) is 18.5. The standard InChI is InChI=1S/C34H52O6/c1-19(2)22-12-17-34(29(37)38)27(40-21(4)36)18-33(9)23(28(22)34)10-11-25-31(7)15-14-26(39-20(3)35)30(5,6)24(31)13-16-32(25,33)8/h22-28H,1,10-18H2,2-9H3,(H,37,38)/t22-,23+,24-,25+,26-,27-,28-,31-,32+,33+,34-/m0/s1. The summed E-state index contributed by atoms with van der Waals surface area (Å²) < 4.78 is 11.9. The van der Waals surface area contributed by atoms with E-state index in [4.69, 9.17) is 9.47 Å². The molecule has 0 spiro atoms. The number of ether oxygens (including phenoxy) is 2. The zero-order valence-electron chi connectivity index (χ0n) is 26.1. The summed E-state index contributed by atoms with van der Waals surface area (Å²) >= 11 is 0. The number of carbonyl (C=O) groups excluding carboxylic acids is 2. The SMILES string of the molecule is C=C(C)[C@@H]1CC[C@@]2(C(=O)O)[C@@H]1[C@H]1CC[C@@H]3[C@@]4(C)CC[C@H](OC(C)=O)C(C)(C)[C@@H]4CC[C@@]3(C)[C@]1(C)C[C@@H]2OC(C)=O. The maximum Gasteiger partial charge on any atom is 0.313 e. The zero-order valence-corrected chi connectivity index (χ0v) is 26.1. The van der Waals surface area contributed by atoms with Crippen LogP contribution in [0.1, 0.15) is 113 Å². The van der Waals surface area contributed by atoms with Crippen LogP contribution in [0.4, 0.5) is 0 Å². The summed E-state index contributed by atoms with van der Waals surface area (Å²) in [6.45, 7) is 21.3.